The number of carbonyl (C=O) groups is 1. The largest absolute Gasteiger partial charge is 0.346 e. The summed E-state index contributed by atoms with van der Waals surface area (Å²) in [6, 6.07) is 10.6. The minimum absolute atomic E-state index is 0.0887. The van der Waals surface area contributed by atoms with E-state index >= 15 is 0 Å². The standard InChI is InChI=1S/C17H16N4OS/c18-8-10-1-3-11(4-2-10)15-9-19-17(23-15)16(22)21-14-7-12-5-6-13(14)20-12/h1-4,9,12-14,20H,5-7H2,(H,21,22). The second-order valence-corrected chi connectivity index (χ2v) is 7.11. The molecular formula is C17H16N4OS. The predicted octanol–water partition coefficient (Wildman–Crippen LogP) is 2.30. The van der Waals surface area contributed by atoms with E-state index in [1.54, 1.807) is 18.3 Å². The molecule has 2 fully saturated rings. The van der Waals surface area contributed by atoms with Crippen LogP contribution in [-0.4, -0.2) is 29.0 Å². The minimum atomic E-state index is -0.0887. The van der Waals surface area contributed by atoms with Crippen LogP contribution in [0.2, 0.25) is 0 Å². The zero-order valence-electron chi connectivity index (χ0n) is 12.5. The van der Waals surface area contributed by atoms with Crippen LogP contribution in [0.15, 0.2) is 30.5 Å². The van der Waals surface area contributed by atoms with E-state index in [9.17, 15) is 4.79 Å². The maximum atomic E-state index is 12.4. The molecule has 2 aliphatic heterocycles. The van der Waals surface area contributed by atoms with Crippen molar-refractivity contribution in [2.24, 2.45) is 0 Å². The Morgan fingerprint density at radius 1 is 1.35 bits per heavy atom. The molecule has 1 aromatic carbocycles. The van der Waals surface area contributed by atoms with Crippen LogP contribution >= 0.6 is 11.3 Å². The summed E-state index contributed by atoms with van der Waals surface area (Å²) in [5, 5.41) is 16.0. The van der Waals surface area contributed by atoms with E-state index in [0.717, 1.165) is 23.3 Å². The molecular weight excluding hydrogens is 308 g/mol. The van der Waals surface area contributed by atoms with Crippen LogP contribution in [0.25, 0.3) is 10.4 Å². The number of amides is 1. The summed E-state index contributed by atoms with van der Waals surface area (Å²) in [7, 11) is 0. The number of benzene rings is 1. The van der Waals surface area contributed by atoms with Crippen molar-refractivity contribution in [1.29, 1.82) is 5.26 Å². The van der Waals surface area contributed by atoms with E-state index in [1.165, 1.54) is 17.8 Å². The Balaban J connectivity index is 1.46. The lowest BCUT2D eigenvalue weighted by Crippen LogP contribution is -2.42. The van der Waals surface area contributed by atoms with Crippen molar-refractivity contribution >= 4 is 17.2 Å². The minimum Gasteiger partial charge on any atom is -0.346 e. The molecule has 2 aromatic rings. The highest BCUT2D eigenvalue weighted by Crippen LogP contribution is 2.29. The van der Waals surface area contributed by atoms with Gasteiger partial charge in [-0.3, -0.25) is 4.79 Å². The summed E-state index contributed by atoms with van der Waals surface area (Å²) in [6.07, 6.45) is 5.10. The summed E-state index contributed by atoms with van der Waals surface area (Å²) in [6.45, 7) is 0. The fourth-order valence-corrected chi connectivity index (χ4v) is 4.26. The molecule has 116 valence electrons. The zero-order valence-corrected chi connectivity index (χ0v) is 13.3. The summed E-state index contributed by atoms with van der Waals surface area (Å²) in [4.78, 5) is 17.6. The average molecular weight is 324 g/mol. The van der Waals surface area contributed by atoms with Crippen LogP contribution in [-0.2, 0) is 0 Å². The molecule has 2 saturated heterocycles. The molecule has 2 N–H and O–H groups in total. The molecule has 1 aromatic heterocycles. The number of hydrogen-bond acceptors (Lipinski definition) is 5. The number of hydrogen-bond donors (Lipinski definition) is 2. The molecule has 0 spiro atoms. The summed E-state index contributed by atoms with van der Waals surface area (Å²) < 4.78 is 0. The van der Waals surface area contributed by atoms with E-state index in [2.05, 4.69) is 21.7 Å². The fraction of sp³-hybridized carbons (Fsp3) is 0.353. The van der Waals surface area contributed by atoms with Crippen LogP contribution in [0, 0.1) is 11.3 Å². The van der Waals surface area contributed by atoms with Gasteiger partial charge in [-0.15, -0.1) is 11.3 Å². The topological polar surface area (TPSA) is 77.8 Å². The van der Waals surface area contributed by atoms with Gasteiger partial charge in [0.05, 0.1) is 16.5 Å². The first-order chi connectivity index (χ1) is 11.2. The van der Waals surface area contributed by atoms with Gasteiger partial charge in [-0.05, 0) is 37.0 Å². The third-order valence-corrected chi connectivity index (χ3v) is 5.66. The van der Waals surface area contributed by atoms with E-state index in [4.69, 9.17) is 5.26 Å². The van der Waals surface area contributed by atoms with Crippen LogP contribution in [0.1, 0.15) is 34.6 Å². The third kappa shape index (κ3) is 2.74. The number of nitriles is 1. The number of fused-ring (bicyclic) bond motifs is 2. The summed E-state index contributed by atoms with van der Waals surface area (Å²) >= 11 is 1.38. The van der Waals surface area contributed by atoms with Gasteiger partial charge in [0.25, 0.3) is 5.91 Å². The molecule has 4 rings (SSSR count). The van der Waals surface area contributed by atoms with E-state index in [0.29, 0.717) is 22.7 Å². The Morgan fingerprint density at radius 3 is 2.83 bits per heavy atom. The van der Waals surface area contributed by atoms with Crippen LogP contribution in [0.5, 0.6) is 0 Å². The molecule has 1 amide bonds. The third-order valence-electron chi connectivity index (χ3n) is 4.62. The van der Waals surface area contributed by atoms with Gasteiger partial charge in [-0.1, -0.05) is 12.1 Å². The highest BCUT2D eigenvalue weighted by atomic mass is 32.1. The van der Waals surface area contributed by atoms with Gasteiger partial charge in [-0.25, -0.2) is 4.98 Å². The molecule has 5 nitrogen and oxygen atoms in total. The SMILES string of the molecule is N#Cc1ccc(-c2cnc(C(=O)NC3CC4CCC3N4)s2)cc1. The maximum absolute atomic E-state index is 12.4. The smallest absolute Gasteiger partial charge is 0.280 e. The molecule has 0 saturated carbocycles. The highest BCUT2D eigenvalue weighted by Gasteiger charge is 2.39. The van der Waals surface area contributed by atoms with Crippen LogP contribution in [0.3, 0.4) is 0 Å². The normalized spacial score (nSPS) is 25.3. The molecule has 0 radical (unpaired) electrons. The second-order valence-electron chi connectivity index (χ2n) is 6.08. The van der Waals surface area contributed by atoms with Crippen molar-refractivity contribution in [3.05, 3.63) is 41.0 Å². The number of rotatable bonds is 3. The Labute approximate surface area is 138 Å². The van der Waals surface area contributed by atoms with Gasteiger partial charge in [0, 0.05) is 24.3 Å². The van der Waals surface area contributed by atoms with Crippen LogP contribution in [0.4, 0.5) is 0 Å². The molecule has 2 bridgehead atoms. The molecule has 23 heavy (non-hydrogen) atoms. The second kappa shape index (κ2) is 5.76. The number of carbonyl (C=O) groups excluding carboxylic acids is 1. The predicted molar refractivity (Wildman–Crippen MR) is 88.1 cm³/mol. The molecule has 2 aliphatic rings. The van der Waals surface area contributed by atoms with Crippen molar-refractivity contribution in [2.75, 3.05) is 0 Å². The number of nitrogens with one attached hydrogen (secondary N) is 2. The number of thiazole rings is 1. The summed E-state index contributed by atoms with van der Waals surface area (Å²) in [5.41, 5.74) is 1.60. The van der Waals surface area contributed by atoms with Gasteiger partial charge in [0.1, 0.15) is 0 Å². The fourth-order valence-electron chi connectivity index (χ4n) is 3.44. The first-order valence-corrected chi connectivity index (χ1v) is 8.58. The van der Waals surface area contributed by atoms with E-state index < -0.39 is 0 Å². The maximum Gasteiger partial charge on any atom is 0.280 e. The van der Waals surface area contributed by atoms with E-state index in [1.807, 2.05) is 12.1 Å². The van der Waals surface area contributed by atoms with Crippen molar-refractivity contribution in [2.45, 2.75) is 37.4 Å². The molecule has 6 heteroatoms. The number of aromatic nitrogens is 1. The Bertz CT molecular complexity index is 777. The molecule has 3 atom stereocenters. The first kappa shape index (κ1) is 14.4. The van der Waals surface area contributed by atoms with Crippen LogP contribution < -0.4 is 10.6 Å². The van der Waals surface area contributed by atoms with Gasteiger partial charge < -0.3 is 10.6 Å². The molecule has 3 heterocycles. The van der Waals surface area contributed by atoms with Gasteiger partial charge in [0.2, 0.25) is 0 Å². The first-order valence-electron chi connectivity index (χ1n) is 7.76. The lowest BCUT2D eigenvalue weighted by Gasteiger charge is -2.20. The Morgan fingerprint density at radius 2 is 2.17 bits per heavy atom. The van der Waals surface area contributed by atoms with Crippen molar-refractivity contribution in [3.8, 4) is 16.5 Å². The van der Waals surface area contributed by atoms with Gasteiger partial charge >= 0.3 is 0 Å². The number of nitrogens with zero attached hydrogens (tertiary/aromatic N) is 2. The average Bonchev–Trinajstić information content (AvgIpc) is 3.31. The molecule has 3 unspecified atom stereocenters. The lowest BCUT2D eigenvalue weighted by atomic mass is 9.95. The Hall–Kier alpha value is -2.23. The van der Waals surface area contributed by atoms with Crippen molar-refractivity contribution < 1.29 is 4.79 Å². The zero-order chi connectivity index (χ0) is 15.8. The van der Waals surface area contributed by atoms with Crippen molar-refractivity contribution in [1.82, 2.24) is 15.6 Å². The monoisotopic (exact) mass is 324 g/mol. The Kier molecular flexibility index (Phi) is 3.60. The highest BCUT2D eigenvalue weighted by molar-refractivity contribution is 7.16. The van der Waals surface area contributed by atoms with Gasteiger partial charge in [-0.2, -0.15) is 5.26 Å². The lowest BCUT2D eigenvalue weighted by molar-refractivity contribution is 0.0930. The quantitative estimate of drug-likeness (QED) is 0.908. The summed E-state index contributed by atoms with van der Waals surface area (Å²) in [5.74, 6) is -0.0887. The van der Waals surface area contributed by atoms with Gasteiger partial charge in [0.15, 0.2) is 5.01 Å². The van der Waals surface area contributed by atoms with Crippen molar-refractivity contribution in [3.63, 3.8) is 0 Å². The van der Waals surface area contributed by atoms with E-state index in [-0.39, 0.29) is 11.9 Å². The molecule has 0 aliphatic carbocycles.